The first-order valence-corrected chi connectivity index (χ1v) is 10.4. The monoisotopic (exact) mass is 404 g/mol. The number of nitrogens with one attached hydrogen (secondary N) is 2. The van der Waals surface area contributed by atoms with E-state index in [4.69, 9.17) is 21.7 Å². The molecule has 2 atom stereocenters. The van der Waals surface area contributed by atoms with Crippen LogP contribution in [0.3, 0.4) is 0 Å². The summed E-state index contributed by atoms with van der Waals surface area (Å²) in [6.07, 6.45) is 2.27. The van der Waals surface area contributed by atoms with Crippen molar-refractivity contribution in [1.29, 1.82) is 0 Å². The molecule has 144 valence electrons. The maximum Gasteiger partial charge on any atom is 0.341 e. The van der Waals surface area contributed by atoms with E-state index < -0.39 is 0 Å². The van der Waals surface area contributed by atoms with Gasteiger partial charge in [0, 0.05) is 11.5 Å². The van der Waals surface area contributed by atoms with Crippen LogP contribution in [0.15, 0.2) is 36.4 Å². The molecule has 0 unspecified atom stereocenters. The van der Waals surface area contributed by atoms with Gasteiger partial charge in [-0.1, -0.05) is 30.3 Å². The Bertz CT molecular complexity index is 786. The van der Waals surface area contributed by atoms with Crippen molar-refractivity contribution in [1.82, 2.24) is 5.32 Å². The molecule has 0 bridgehead atoms. The normalized spacial score (nSPS) is 17.3. The number of thiophene rings is 1. The topological polar surface area (TPSA) is 59.6 Å². The molecule has 1 fully saturated rings. The van der Waals surface area contributed by atoms with Crippen molar-refractivity contribution in [3.05, 3.63) is 42.0 Å². The van der Waals surface area contributed by atoms with Crippen LogP contribution >= 0.6 is 23.6 Å². The zero-order chi connectivity index (χ0) is 19.2. The van der Waals surface area contributed by atoms with Crippen LogP contribution in [0.4, 0.5) is 5.00 Å². The molecule has 2 N–H and O–H groups in total. The van der Waals surface area contributed by atoms with Crippen molar-refractivity contribution >= 4 is 39.6 Å². The molecule has 2 heterocycles. The number of benzene rings is 1. The van der Waals surface area contributed by atoms with E-state index in [2.05, 4.69) is 17.6 Å². The highest BCUT2D eigenvalue weighted by molar-refractivity contribution is 7.80. The number of hydrogen-bond donors (Lipinski definition) is 2. The zero-order valence-electron chi connectivity index (χ0n) is 15.5. The van der Waals surface area contributed by atoms with Gasteiger partial charge in [0.05, 0.1) is 24.3 Å². The number of rotatable bonds is 6. The number of thiocarbonyl (C=S) groups is 1. The van der Waals surface area contributed by atoms with Gasteiger partial charge < -0.3 is 20.1 Å². The molecule has 1 aliphatic heterocycles. The lowest BCUT2D eigenvalue weighted by molar-refractivity contribution is 0.0528. The predicted octanol–water partition coefficient (Wildman–Crippen LogP) is 4.45. The van der Waals surface area contributed by atoms with Gasteiger partial charge >= 0.3 is 5.97 Å². The third-order valence-corrected chi connectivity index (χ3v) is 5.71. The lowest BCUT2D eigenvalue weighted by Gasteiger charge is -2.21. The summed E-state index contributed by atoms with van der Waals surface area (Å²) in [6, 6.07) is 11.9. The van der Waals surface area contributed by atoms with Gasteiger partial charge in [0.2, 0.25) is 0 Å². The van der Waals surface area contributed by atoms with Crippen LogP contribution in [-0.2, 0) is 9.47 Å². The van der Waals surface area contributed by atoms with Crippen LogP contribution in [0.25, 0.3) is 10.4 Å². The minimum absolute atomic E-state index is 0.104. The van der Waals surface area contributed by atoms with E-state index in [-0.39, 0.29) is 18.1 Å². The number of carbonyl (C=O) groups is 1. The van der Waals surface area contributed by atoms with Gasteiger partial charge in [0.15, 0.2) is 5.11 Å². The summed E-state index contributed by atoms with van der Waals surface area (Å²) in [4.78, 5) is 13.4. The van der Waals surface area contributed by atoms with E-state index in [1.807, 2.05) is 36.4 Å². The van der Waals surface area contributed by atoms with Crippen LogP contribution in [0.1, 0.15) is 37.0 Å². The minimum Gasteiger partial charge on any atom is -0.462 e. The quantitative estimate of drug-likeness (QED) is 0.548. The Kier molecular flexibility index (Phi) is 6.82. The average molecular weight is 405 g/mol. The summed E-state index contributed by atoms with van der Waals surface area (Å²) in [6.45, 7) is 4.98. The number of ether oxygens (including phenoxy) is 2. The first-order chi connectivity index (χ1) is 13.1. The highest BCUT2D eigenvalue weighted by atomic mass is 32.1. The third kappa shape index (κ3) is 5.06. The molecule has 2 aromatic rings. The first-order valence-electron chi connectivity index (χ1n) is 9.14. The van der Waals surface area contributed by atoms with Gasteiger partial charge in [-0.2, -0.15) is 0 Å². The number of hydrogen-bond acceptors (Lipinski definition) is 5. The van der Waals surface area contributed by atoms with Crippen LogP contribution in [0.5, 0.6) is 0 Å². The van der Waals surface area contributed by atoms with Crippen LogP contribution in [0, 0.1) is 0 Å². The molecule has 0 saturated carbocycles. The lowest BCUT2D eigenvalue weighted by atomic mass is 10.1. The van der Waals surface area contributed by atoms with Gasteiger partial charge in [-0.25, -0.2) is 4.79 Å². The first kappa shape index (κ1) is 19.8. The molecule has 1 aromatic carbocycles. The van der Waals surface area contributed by atoms with Gasteiger partial charge in [-0.05, 0) is 50.5 Å². The molecule has 0 aliphatic carbocycles. The molecule has 0 spiro atoms. The third-order valence-electron chi connectivity index (χ3n) is 4.39. The Morgan fingerprint density at radius 2 is 2.19 bits per heavy atom. The van der Waals surface area contributed by atoms with E-state index >= 15 is 0 Å². The summed E-state index contributed by atoms with van der Waals surface area (Å²) >= 11 is 6.95. The molecule has 1 aliphatic rings. The van der Waals surface area contributed by atoms with E-state index in [1.165, 1.54) is 11.3 Å². The highest BCUT2D eigenvalue weighted by Crippen LogP contribution is 2.36. The fourth-order valence-corrected chi connectivity index (χ4v) is 4.43. The second-order valence-corrected chi connectivity index (χ2v) is 7.84. The number of esters is 1. The van der Waals surface area contributed by atoms with Crippen molar-refractivity contribution in [3.63, 3.8) is 0 Å². The molecule has 7 heteroatoms. The average Bonchev–Trinajstić information content (AvgIpc) is 3.33. The summed E-state index contributed by atoms with van der Waals surface area (Å²) in [5.74, 6) is -0.353. The Hall–Kier alpha value is -1.96. The summed E-state index contributed by atoms with van der Waals surface area (Å²) in [5, 5.41) is 7.61. The van der Waals surface area contributed by atoms with E-state index in [9.17, 15) is 4.79 Å². The van der Waals surface area contributed by atoms with Crippen molar-refractivity contribution in [2.24, 2.45) is 0 Å². The smallest absolute Gasteiger partial charge is 0.341 e. The van der Waals surface area contributed by atoms with Gasteiger partial charge in [0.1, 0.15) is 5.00 Å². The van der Waals surface area contributed by atoms with Crippen molar-refractivity contribution in [2.45, 2.75) is 38.8 Å². The van der Waals surface area contributed by atoms with Crippen molar-refractivity contribution < 1.29 is 14.3 Å². The molecule has 0 amide bonds. The van der Waals surface area contributed by atoms with Crippen molar-refractivity contribution in [2.75, 3.05) is 18.5 Å². The Morgan fingerprint density at radius 3 is 2.85 bits per heavy atom. The molecular weight excluding hydrogens is 380 g/mol. The van der Waals surface area contributed by atoms with E-state index in [0.29, 0.717) is 22.3 Å². The van der Waals surface area contributed by atoms with Gasteiger partial charge in [-0.3, -0.25) is 0 Å². The second kappa shape index (κ2) is 9.30. The van der Waals surface area contributed by atoms with Crippen LogP contribution in [-0.4, -0.2) is 36.4 Å². The lowest BCUT2D eigenvalue weighted by Crippen LogP contribution is -2.42. The zero-order valence-corrected chi connectivity index (χ0v) is 17.1. The standard InChI is InChI=1S/C20H24N2O3S2/c1-3-24-19(23)15-12-17(14-8-5-4-6-9-14)27-18(15)22-20(26)21-13(2)16-10-7-11-25-16/h4-6,8-9,12-13,16H,3,7,10-11H2,1-2H3,(H2,21,22,26)/t13-,16+/m0/s1. The van der Waals surface area contributed by atoms with Gasteiger partial charge in [0.25, 0.3) is 0 Å². The summed E-state index contributed by atoms with van der Waals surface area (Å²) < 4.78 is 10.9. The Labute approximate surface area is 169 Å². The molecule has 5 nitrogen and oxygen atoms in total. The Morgan fingerprint density at radius 1 is 1.41 bits per heavy atom. The second-order valence-electron chi connectivity index (χ2n) is 6.38. The molecule has 1 aromatic heterocycles. The fraction of sp³-hybridized carbons (Fsp3) is 0.400. The maximum atomic E-state index is 12.4. The predicted molar refractivity (Wildman–Crippen MR) is 114 cm³/mol. The highest BCUT2D eigenvalue weighted by Gasteiger charge is 2.24. The van der Waals surface area contributed by atoms with E-state index in [1.54, 1.807) is 6.92 Å². The molecular formula is C20H24N2O3S2. The van der Waals surface area contributed by atoms with Crippen LogP contribution in [0.2, 0.25) is 0 Å². The number of anilines is 1. The minimum atomic E-state index is -0.353. The summed E-state index contributed by atoms with van der Waals surface area (Å²) in [5.41, 5.74) is 1.54. The molecule has 3 rings (SSSR count). The molecule has 0 radical (unpaired) electrons. The van der Waals surface area contributed by atoms with Crippen LogP contribution < -0.4 is 10.6 Å². The largest absolute Gasteiger partial charge is 0.462 e. The van der Waals surface area contributed by atoms with E-state index in [0.717, 1.165) is 29.9 Å². The Balaban J connectivity index is 1.76. The van der Waals surface area contributed by atoms with Gasteiger partial charge in [-0.15, -0.1) is 11.3 Å². The fourth-order valence-electron chi connectivity index (χ4n) is 3.02. The SMILES string of the molecule is CCOC(=O)c1cc(-c2ccccc2)sc1NC(=S)N[C@@H](C)[C@H]1CCCO1. The molecule has 1 saturated heterocycles. The summed E-state index contributed by atoms with van der Waals surface area (Å²) in [7, 11) is 0. The number of carbonyl (C=O) groups excluding carboxylic acids is 1. The molecule has 27 heavy (non-hydrogen) atoms. The maximum absolute atomic E-state index is 12.4. The van der Waals surface area contributed by atoms with Crippen molar-refractivity contribution in [3.8, 4) is 10.4 Å².